The molecule has 0 unspecified atom stereocenters. The van der Waals surface area contributed by atoms with E-state index in [-0.39, 0.29) is 0 Å². The van der Waals surface area contributed by atoms with Gasteiger partial charge in [0, 0.05) is 14.1 Å². The predicted molar refractivity (Wildman–Crippen MR) is 49.8 cm³/mol. The van der Waals surface area contributed by atoms with Crippen LogP contribution < -0.4 is 0 Å². The molecular weight excluding hydrogens is 180 g/mol. The zero-order chi connectivity index (χ0) is 8.43. The largest absolute Gasteiger partial charge is 0.362 e. The Kier molecular flexibility index (Phi) is 2.52. The van der Waals surface area contributed by atoms with Gasteiger partial charge in [-0.1, -0.05) is 11.6 Å². The SMILES string of the molecule is CN(C)C(=N)c1ccc(Cl)s1. The van der Waals surface area contributed by atoms with Crippen LogP contribution in [0.5, 0.6) is 0 Å². The summed E-state index contributed by atoms with van der Waals surface area (Å²) in [7, 11) is 3.69. The van der Waals surface area contributed by atoms with Gasteiger partial charge in [-0.15, -0.1) is 11.3 Å². The van der Waals surface area contributed by atoms with Crippen molar-refractivity contribution in [2.45, 2.75) is 0 Å². The van der Waals surface area contributed by atoms with Crippen LogP contribution in [0.25, 0.3) is 0 Å². The number of amidine groups is 1. The van der Waals surface area contributed by atoms with Crippen molar-refractivity contribution < 1.29 is 0 Å². The van der Waals surface area contributed by atoms with Gasteiger partial charge in [0.05, 0.1) is 9.21 Å². The molecule has 1 aromatic heterocycles. The summed E-state index contributed by atoms with van der Waals surface area (Å²) in [5, 5.41) is 7.58. The third-order valence-corrected chi connectivity index (χ3v) is 2.49. The lowest BCUT2D eigenvalue weighted by atomic mass is 10.4. The highest BCUT2D eigenvalue weighted by atomic mass is 35.5. The van der Waals surface area contributed by atoms with E-state index < -0.39 is 0 Å². The van der Waals surface area contributed by atoms with E-state index in [1.54, 1.807) is 11.0 Å². The number of nitrogens with zero attached hydrogens (tertiary/aromatic N) is 1. The summed E-state index contributed by atoms with van der Waals surface area (Å²) in [5.41, 5.74) is 0. The zero-order valence-corrected chi connectivity index (χ0v) is 7.96. The van der Waals surface area contributed by atoms with E-state index in [2.05, 4.69) is 0 Å². The van der Waals surface area contributed by atoms with Crippen molar-refractivity contribution >= 4 is 28.8 Å². The fourth-order valence-electron chi connectivity index (χ4n) is 0.662. The highest BCUT2D eigenvalue weighted by Gasteiger charge is 2.05. The molecular formula is C7H9ClN2S. The highest BCUT2D eigenvalue weighted by Crippen LogP contribution is 2.21. The number of thiophene rings is 1. The topological polar surface area (TPSA) is 27.1 Å². The van der Waals surface area contributed by atoms with Crippen LogP contribution >= 0.6 is 22.9 Å². The predicted octanol–water partition coefficient (Wildman–Crippen LogP) is 2.29. The molecule has 0 aromatic carbocycles. The average Bonchev–Trinajstić information content (AvgIpc) is 2.34. The molecule has 4 heteroatoms. The molecule has 1 heterocycles. The number of hydrogen-bond acceptors (Lipinski definition) is 2. The summed E-state index contributed by atoms with van der Waals surface area (Å²) < 4.78 is 0.728. The number of nitrogens with one attached hydrogen (secondary N) is 1. The normalized spacial score (nSPS) is 9.73. The Hall–Kier alpha value is -0.540. The van der Waals surface area contributed by atoms with Crippen LogP contribution in [0, 0.1) is 5.41 Å². The van der Waals surface area contributed by atoms with E-state index in [9.17, 15) is 0 Å². The number of halogens is 1. The molecule has 0 spiro atoms. The molecule has 0 amide bonds. The van der Waals surface area contributed by atoms with Crippen LogP contribution in [-0.4, -0.2) is 24.8 Å². The Balaban J connectivity index is 2.85. The van der Waals surface area contributed by atoms with Gasteiger partial charge in [0.15, 0.2) is 0 Å². The molecule has 1 aromatic rings. The molecule has 0 bridgehead atoms. The van der Waals surface area contributed by atoms with Gasteiger partial charge in [-0.05, 0) is 12.1 Å². The molecule has 0 saturated heterocycles. The van der Waals surface area contributed by atoms with E-state index in [1.807, 2.05) is 20.2 Å². The maximum Gasteiger partial charge on any atom is 0.137 e. The maximum absolute atomic E-state index is 7.58. The summed E-state index contributed by atoms with van der Waals surface area (Å²) in [6, 6.07) is 3.66. The molecule has 0 aliphatic heterocycles. The monoisotopic (exact) mass is 188 g/mol. The van der Waals surface area contributed by atoms with Crippen molar-refractivity contribution in [3.05, 3.63) is 21.3 Å². The third kappa shape index (κ3) is 1.94. The minimum absolute atomic E-state index is 0.502. The maximum atomic E-state index is 7.58. The van der Waals surface area contributed by atoms with E-state index >= 15 is 0 Å². The number of rotatable bonds is 1. The van der Waals surface area contributed by atoms with Gasteiger partial charge in [-0.3, -0.25) is 5.41 Å². The van der Waals surface area contributed by atoms with E-state index in [4.69, 9.17) is 17.0 Å². The van der Waals surface area contributed by atoms with Crippen molar-refractivity contribution in [2.24, 2.45) is 0 Å². The second-order valence-corrected chi connectivity index (χ2v) is 4.06. The van der Waals surface area contributed by atoms with Crippen LogP contribution in [0.3, 0.4) is 0 Å². The van der Waals surface area contributed by atoms with Crippen molar-refractivity contribution in [2.75, 3.05) is 14.1 Å². The van der Waals surface area contributed by atoms with E-state index in [0.717, 1.165) is 9.21 Å². The Bertz CT molecular complexity index is 267. The quantitative estimate of drug-likeness (QED) is 0.532. The first-order valence-corrected chi connectivity index (χ1v) is 4.32. The van der Waals surface area contributed by atoms with Gasteiger partial charge in [-0.2, -0.15) is 0 Å². The number of hydrogen-bond donors (Lipinski definition) is 1. The molecule has 11 heavy (non-hydrogen) atoms. The van der Waals surface area contributed by atoms with Crippen molar-refractivity contribution in [3.8, 4) is 0 Å². The molecule has 0 fully saturated rings. The smallest absolute Gasteiger partial charge is 0.137 e. The Morgan fingerprint density at radius 1 is 1.55 bits per heavy atom. The first kappa shape index (κ1) is 8.56. The standard InChI is InChI=1S/C7H9ClN2S/c1-10(2)7(9)5-3-4-6(8)11-5/h3-4,9H,1-2H3. The third-order valence-electron chi connectivity index (χ3n) is 1.25. The van der Waals surface area contributed by atoms with Crippen LogP contribution in [0.4, 0.5) is 0 Å². The van der Waals surface area contributed by atoms with Crippen LogP contribution in [0.1, 0.15) is 4.88 Å². The molecule has 2 nitrogen and oxygen atoms in total. The van der Waals surface area contributed by atoms with Crippen LogP contribution in [0.2, 0.25) is 4.34 Å². The lowest BCUT2D eigenvalue weighted by Crippen LogP contribution is -2.20. The first-order valence-electron chi connectivity index (χ1n) is 3.13. The van der Waals surface area contributed by atoms with Gasteiger partial charge in [-0.25, -0.2) is 0 Å². The van der Waals surface area contributed by atoms with E-state index in [1.165, 1.54) is 11.3 Å². The average molecular weight is 189 g/mol. The summed E-state index contributed by atoms with van der Waals surface area (Å²) in [4.78, 5) is 2.65. The fourth-order valence-corrected chi connectivity index (χ4v) is 1.74. The van der Waals surface area contributed by atoms with Gasteiger partial charge >= 0.3 is 0 Å². The summed E-state index contributed by atoms with van der Waals surface area (Å²) in [6.45, 7) is 0. The molecule has 0 radical (unpaired) electrons. The van der Waals surface area contributed by atoms with Gasteiger partial charge in [0.1, 0.15) is 5.84 Å². The molecule has 1 N–H and O–H groups in total. The van der Waals surface area contributed by atoms with E-state index in [0.29, 0.717) is 5.84 Å². The second-order valence-electron chi connectivity index (χ2n) is 2.35. The van der Waals surface area contributed by atoms with Crippen LogP contribution in [-0.2, 0) is 0 Å². The second kappa shape index (κ2) is 3.24. The molecule has 0 aliphatic carbocycles. The van der Waals surface area contributed by atoms with Gasteiger partial charge < -0.3 is 4.90 Å². The fraction of sp³-hybridized carbons (Fsp3) is 0.286. The zero-order valence-electron chi connectivity index (χ0n) is 6.39. The minimum Gasteiger partial charge on any atom is -0.362 e. The summed E-state index contributed by atoms with van der Waals surface area (Å²) in [5.74, 6) is 0.502. The molecule has 1 rings (SSSR count). The molecule has 0 atom stereocenters. The molecule has 0 aliphatic rings. The summed E-state index contributed by atoms with van der Waals surface area (Å²) in [6.07, 6.45) is 0. The minimum atomic E-state index is 0.502. The highest BCUT2D eigenvalue weighted by molar-refractivity contribution is 7.18. The van der Waals surface area contributed by atoms with Crippen LogP contribution in [0.15, 0.2) is 12.1 Å². The van der Waals surface area contributed by atoms with Crippen molar-refractivity contribution in [1.29, 1.82) is 5.41 Å². The lowest BCUT2D eigenvalue weighted by molar-refractivity contribution is 0.620. The summed E-state index contributed by atoms with van der Waals surface area (Å²) >= 11 is 7.14. The van der Waals surface area contributed by atoms with Gasteiger partial charge in [0.2, 0.25) is 0 Å². The van der Waals surface area contributed by atoms with Gasteiger partial charge in [0.25, 0.3) is 0 Å². The Morgan fingerprint density at radius 2 is 2.18 bits per heavy atom. The van der Waals surface area contributed by atoms with Crippen molar-refractivity contribution in [1.82, 2.24) is 4.90 Å². The first-order chi connectivity index (χ1) is 5.11. The van der Waals surface area contributed by atoms with Crippen molar-refractivity contribution in [3.63, 3.8) is 0 Å². The Labute approximate surface area is 74.9 Å². The molecule has 0 saturated carbocycles. The lowest BCUT2D eigenvalue weighted by Gasteiger charge is -2.10. The Morgan fingerprint density at radius 3 is 2.55 bits per heavy atom. The molecule has 60 valence electrons.